The average molecular weight is 495 g/mol. The molecule has 5 rings (SSSR count). The molecular weight excluding hydrogens is 460 g/mol. The van der Waals surface area contributed by atoms with E-state index in [9.17, 15) is 9.59 Å². The smallest absolute Gasteiger partial charge is 0.261 e. The molecule has 0 radical (unpaired) electrons. The lowest BCUT2D eigenvalue weighted by molar-refractivity contribution is -0.144. The van der Waals surface area contributed by atoms with Crippen molar-refractivity contribution in [3.05, 3.63) is 58.2 Å². The van der Waals surface area contributed by atoms with Crippen LogP contribution in [-0.2, 0) is 11.3 Å². The van der Waals surface area contributed by atoms with Gasteiger partial charge in [-0.15, -0.1) is 11.3 Å². The van der Waals surface area contributed by atoms with Crippen LogP contribution in [0.25, 0.3) is 5.65 Å². The Kier molecular flexibility index (Phi) is 6.91. The van der Waals surface area contributed by atoms with E-state index in [4.69, 9.17) is 0 Å². The molecule has 2 aliphatic heterocycles. The minimum atomic E-state index is -0.467. The molecule has 2 N–H and O–H groups in total. The minimum Gasteiger partial charge on any atom is -0.347 e. The number of carbonyl (C=O) groups excluding carboxylic acids is 2. The van der Waals surface area contributed by atoms with Crippen LogP contribution >= 0.6 is 11.3 Å². The highest BCUT2D eigenvalue weighted by atomic mass is 32.1. The van der Waals surface area contributed by atoms with Gasteiger partial charge in [0.05, 0.1) is 10.4 Å². The van der Waals surface area contributed by atoms with Crippen LogP contribution in [-0.4, -0.2) is 75.8 Å². The Morgan fingerprint density at radius 1 is 1.11 bits per heavy atom. The highest BCUT2D eigenvalue weighted by Gasteiger charge is 2.39. The zero-order valence-corrected chi connectivity index (χ0v) is 21.3. The summed E-state index contributed by atoms with van der Waals surface area (Å²) >= 11 is 1.58. The maximum absolute atomic E-state index is 13.3. The topological polar surface area (TPSA) is 82.0 Å². The Balaban J connectivity index is 1.14. The summed E-state index contributed by atoms with van der Waals surface area (Å²) in [7, 11) is 0. The van der Waals surface area contributed by atoms with Gasteiger partial charge in [0.25, 0.3) is 5.91 Å². The summed E-state index contributed by atoms with van der Waals surface area (Å²) in [5, 5.41) is 6.39. The third-order valence-corrected chi connectivity index (χ3v) is 8.63. The first-order valence-electron chi connectivity index (χ1n) is 12.5. The quantitative estimate of drug-likeness (QED) is 0.551. The molecule has 0 atom stereocenters. The van der Waals surface area contributed by atoms with Gasteiger partial charge in [-0.1, -0.05) is 0 Å². The molecule has 9 heteroatoms. The van der Waals surface area contributed by atoms with E-state index in [2.05, 4.69) is 40.4 Å². The number of piperazine rings is 1. The van der Waals surface area contributed by atoms with E-state index >= 15 is 0 Å². The van der Waals surface area contributed by atoms with Crippen LogP contribution in [0.5, 0.6) is 0 Å². The van der Waals surface area contributed by atoms with Crippen LogP contribution in [0, 0.1) is 0 Å². The van der Waals surface area contributed by atoms with Crippen LogP contribution in [0.3, 0.4) is 0 Å². The fourth-order valence-corrected chi connectivity index (χ4v) is 6.23. The molecule has 0 spiro atoms. The molecule has 0 aliphatic carbocycles. The molecule has 2 fully saturated rings. The van der Waals surface area contributed by atoms with Crippen molar-refractivity contribution in [1.29, 1.82) is 0 Å². The minimum absolute atomic E-state index is 0.0464. The summed E-state index contributed by atoms with van der Waals surface area (Å²) in [5.74, 6) is 0.586. The first kappa shape index (κ1) is 24.0. The summed E-state index contributed by atoms with van der Waals surface area (Å²) in [4.78, 5) is 36.7. The SMILES string of the molecule is CC(C)(C(=O)N1CCC(c2ccc(C(=O)NCc3ccn4ccnc4c3)s2)CC1)N1CCNCC1. The second-order valence-electron chi connectivity index (χ2n) is 9.97. The molecule has 0 aromatic carbocycles. The van der Waals surface area contributed by atoms with E-state index < -0.39 is 5.54 Å². The zero-order chi connectivity index (χ0) is 24.4. The molecule has 2 amide bonds. The summed E-state index contributed by atoms with van der Waals surface area (Å²) in [6, 6.07) is 7.99. The van der Waals surface area contributed by atoms with Crippen molar-refractivity contribution < 1.29 is 9.59 Å². The second-order valence-corrected chi connectivity index (χ2v) is 11.1. The summed E-state index contributed by atoms with van der Waals surface area (Å²) in [6.07, 6.45) is 7.50. The van der Waals surface area contributed by atoms with Crippen LogP contribution in [0.4, 0.5) is 0 Å². The van der Waals surface area contributed by atoms with E-state index in [0.29, 0.717) is 12.5 Å². The van der Waals surface area contributed by atoms with Gasteiger partial charge in [0, 0.05) is 69.3 Å². The molecule has 0 bridgehead atoms. The third kappa shape index (κ3) is 5.12. The van der Waals surface area contributed by atoms with Crippen LogP contribution in [0.15, 0.2) is 42.9 Å². The monoisotopic (exact) mass is 494 g/mol. The number of thiophene rings is 1. The van der Waals surface area contributed by atoms with E-state index in [1.807, 2.05) is 39.9 Å². The van der Waals surface area contributed by atoms with E-state index in [1.54, 1.807) is 17.5 Å². The van der Waals surface area contributed by atoms with E-state index in [0.717, 1.165) is 68.2 Å². The summed E-state index contributed by atoms with van der Waals surface area (Å²) < 4.78 is 1.95. The van der Waals surface area contributed by atoms with Gasteiger partial charge in [-0.2, -0.15) is 0 Å². The van der Waals surface area contributed by atoms with Crippen LogP contribution < -0.4 is 10.6 Å². The maximum atomic E-state index is 13.3. The molecule has 0 saturated carbocycles. The number of nitrogens with zero attached hydrogens (tertiary/aromatic N) is 4. The lowest BCUT2D eigenvalue weighted by atomic mass is 9.92. The predicted molar refractivity (Wildman–Crippen MR) is 138 cm³/mol. The van der Waals surface area contributed by atoms with Crippen molar-refractivity contribution >= 4 is 28.8 Å². The number of carbonyl (C=O) groups is 2. The normalized spacial score (nSPS) is 18.2. The molecule has 2 saturated heterocycles. The number of fused-ring (bicyclic) bond motifs is 1. The van der Waals surface area contributed by atoms with E-state index in [-0.39, 0.29) is 11.8 Å². The molecule has 0 unspecified atom stereocenters. The molecule has 186 valence electrons. The third-order valence-electron chi connectivity index (χ3n) is 7.38. The Bertz CT molecular complexity index is 1190. The van der Waals surface area contributed by atoms with Crippen molar-refractivity contribution in [2.45, 2.75) is 44.7 Å². The van der Waals surface area contributed by atoms with Gasteiger partial charge in [-0.3, -0.25) is 14.5 Å². The fraction of sp³-hybridized carbons (Fsp3) is 0.500. The number of hydrogen-bond acceptors (Lipinski definition) is 6. The van der Waals surface area contributed by atoms with Crippen molar-refractivity contribution in [1.82, 2.24) is 29.8 Å². The average Bonchev–Trinajstić information content (AvgIpc) is 3.57. The highest BCUT2D eigenvalue weighted by molar-refractivity contribution is 7.14. The molecule has 3 aromatic rings. The van der Waals surface area contributed by atoms with Gasteiger partial charge in [-0.25, -0.2) is 4.98 Å². The number of nitrogens with one attached hydrogen (secondary N) is 2. The first-order chi connectivity index (χ1) is 16.9. The number of pyridine rings is 1. The molecule has 2 aliphatic rings. The Morgan fingerprint density at radius 2 is 1.89 bits per heavy atom. The Labute approximate surface area is 210 Å². The van der Waals surface area contributed by atoms with Crippen LogP contribution in [0.1, 0.15) is 52.7 Å². The van der Waals surface area contributed by atoms with Crippen molar-refractivity contribution in [2.24, 2.45) is 0 Å². The number of likely N-dealkylation sites (tertiary alicyclic amines) is 1. The zero-order valence-electron chi connectivity index (χ0n) is 20.5. The van der Waals surface area contributed by atoms with Gasteiger partial charge in [0.2, 0.25) is 5.91 Å². The molecule has 8 nitrogen and oxygen atoms in total. The molecule has 3 aromatic heterocycles. The number of aromatic nitrogens is 2. The second kappa shape index (κ2) is 10.1. The standard InChI is InChI=1S/C26H34N6O2S/c1-26(2,32-15-8-27-9-16-32)25(34)31-12-6-20(7-13-31)21-3-4-22(35-21)24(33)29-18-19-5-11-30-14-10-28-23(30)17-19/h3-5,10-11,14,17,20,27H,6-9,12-13,15-16,18H2,1-2H3,(H,29,33). The van der Waals surface area contributed by atoms with Gasteiger partial charge in [0.15, 0.2) is 0 Å². The molecule has 5 heterocycles. The van der Waals surface area contributed by atoms with Crippen LogP contribution in [0.2, 0.25) is 0 Å². The van der Waals surface area contributed by atoms with Gasteiger partial charge < -0.3 is 19.9 Å². The van der Waals surface area contributed by atoms with Crippen molar-refractivity contribution in [3.8, 4) is 0 Å². The van der Waals surface area contributed by atoms with Gasteiger partial charge in [0.1, 0.15) is 5.65 Å². The number of rotatable bonds is 6. The summed E-state index contributed by atoms with van der Waals surface area (Å²) in [6.45, 7) is 9.83. The molecule has 35 heavy (non-hydrogen) atoms. The highest BCUT2D eigenvalue weighted by Crippen LogP contribution is 2.34. The van der Waals surface area contributed by atoms with Crippen molar-refractivity contribution in [2.75, 3.05) is 39.3 Å². The Morgan fingerprint density at radius 3 is 2.66 bits per heavy atom. The van der Waals surface area contributed by atoms with Gasteiger partial charge >= 0.3 is 0 Å². The lowest BCUT2D eigenvalue weighted by Crippen LogP contribution is -2.61. The fourth-order valence-electron chi connectivity index (χ4n) is 5.14. The lowest BCUT2D eigenvalue weighted by Gasteiger charge is -2.44. The Hall–Kier alpha value is -2.75. The number of amides is 2. The number of imidazole rings is 1. The van der Waals surface area contributed by atoms with Gasteiger partial charge in [-0.05, 0) is 62.4 Å². The number of hydrogen-bond donors (Lipinski definition) is 2. The molecular formula is C26H34N6O2S. The predicted octanol–water partition coefficient (Wildman–Crippen LogP) is 2.72. The number of piperidine rings is 1. The largest absolute Gasteiger partial charge is 0.347 e. The first-order valence-corrected chi connectivity index (χ1v) is 13.3. The van der Waals surface area contributed by atoms with E-state index in [1.165, 1.54) is 4.88 Å². The summed E-state index contributed by atoms with van der Waals surface area (Å²) in [5.41, 5.74) is 1.43. The maximum Gasteiger partial charge on any atom is 0.261 e. The van der Waals surface area contributed by atoms with Crippen molar-refractivity contribution in [3.63, 3.8) is 0 Å².